The van der Waals surface area contributed by atoms with Crippen LogP contribution >= 0.6 is 0 Å². The van der Waals surface area contributed by atoms with Gasteiger partial charge in [-0.15, -0.1) is 0 Å². The molecule has 4 heteroatoms. The van der Waals surface area contributed by atoms with Gasteiger partial charge in [-0.25, -0.2) is 0 Å². The molecule has 1 rings (SSSR count). The molecule has 1 nitrogen and oxygen atoms in total. The molecule has 0 aliphatic heterocycles. The average molecular weight is 231 g/mol. The predicted molar refractivity (Wildman–Crippen MR) is 58.3 cm³/mol. The van der Waals surface area contributed by atoms with Crippen molar-refractivity contribution in [3.63, 3.8) is 0 Å². The Hall–Kier alpha value is -1.03. The van der Waals surface area contributed by atoms with E-state index < -0.39 is 12.6 Å². The van der Waals surface area contributed by atoms with Crippen molar-refractivity contribution in [3.8, 4) is 0 Å². The number of rotatable bonds is 4. The largest absolute Gasteiger partial charge is 0.390 e. The number of alkyl halides is 3. The molecule has 0 bridgehead atoms. The van der Waals surface area contributed by atoms with E-state index in [2.05, 4.69) is 5.32 Å². The van der Waals surface area contributed by atoms with Crippen molar-refractivity contribution < 1.29 is 13.2 Å². The molecule has 0 aliphatic carbocycles. The molecule has 0 spiro atoms. The van der Waals surface area contributed by atoms with E-state index in [0.717, 1.165) is 11.1 Å². The summed E-state index contributed by atoms with van der Waals surface area (Å²) in [6.07, 6.45) is -4.87. The first-order chi connectivity index (χ1) is 7.38. The zero-order valence-corrected chi connectivity index (χ0v) is 9.43. The van der Waals surface area contributed by atoms with E-state index in [9.17, 15) is 13.2 Å². The van der Waals surface area contributed by atoms with E-state index in [0.29, 0.717) is 0 Å². The molecule has 1 N–H and O–H groups in total. The molecule has 1 atom stereocenters. The van der Waals surface area contributed by atoms with Gasteiger partial charge in [0.15, 0.2) is 0 Å². The summed E-state index contributed by atoms with van der Waals surface area (Å²) < 4.78 is 35.8. The predicted octanol–water partition coefficient (Wildman–Crippen LogP) is 3.60. The lowest BCUT2D eigenvalue weighted by atomic mass is 10.1. The highest BCUT2D eigenvalue weighted by Crippen LogP contribution is 2.19. The van der Waals surface area contributed by atoms with Gasteiger partial charge < -0.3 is 5.32 Å². The Morgan fingerprint density at radius 3 is 2.56 bits per heavy atom. The van der Waals surface area contributed by atoms with E-state index in [-0.39, 0.29) is 12.6 Å². The Balaban J connectivity index is 2.44. The lowest BCUT2D eigenvalue weighted by molar-refractivity contribution is -0.133. The molecule has 1 aromatic rings. The topological polar surface area (TPSA) is 12.0 Å². The smallest absolute Gasteiger partial charge is 0.310 e. The second-order valence-electron chi connectivity index (χ2n) is 3.96. The van der Waals surface area contributed by atoms with Crippen LogP contribution in [0.5, 0.6) is 0 Å². The fraction of sp³-hybridized carbons (Fsp3) is 0.500. The third-order valence-corrected chi connectivity index (χ3v) is 2.40. The highest BCUT2D eigenvalue weighted by Gasteiger charge is 2.26. The molecule has 0 amide bonds. The minimum absolute atomic E-state index is 0.0430. The van der Waals surface area contributed by atoms with Crippen LogP contribution in [-0.4, -0.2) is 12.7 Å². The summed E-state index contributed by atoms with van der Waals surface area (Å²) in [7, 11) is 0. The fourth-order valence-electron chi connectivity index (χ4n) is 1.49. The summed E-state index contributed by atoms with van der Waals surface area (Å²) in [5, 5.41) is 2.86. The number of hydrogen-bond acceptors (Lipinski definition) is 1. The number of hydrogen-bond donors (Lipinski definition) is 1. The third-order valence-electron chi connectivity index (χ3n) is 2.40. The highest BCUT2D eigenvalue weighted by molar-refractivity contribution is 5.24. The third kappa shape index (κ3) is 4.66. The Bertz CT molecular complexity index is 333. The highest BCUT2D eigenvalue weighted by atomic mass is 19.4. The first kappa shape index (κ1) is 13.0. The molecule has 1 aromatic carbocycles. The van der Waals surface area contributed by atoms with Gasteiger partial charge >= 0.3 is 6.18 Å². The van der Waals surface area contributed by atoms with Gasteiger partial charge in [0.2, 0.25) is 0 Å². The molecule has 16 heavy (non-hydrogen) atoms. The maximum Gasteiger partial charge on any atom is 0.390 e. The molecule has 0 radical (unpaired) electrons. The van der Waals surface area contributed by atoms with Gasteiger partial charge in [0.1, 0.15) is 0 Å². The number of halogens is 3. The van der Waals surface area contributed by atoms with Crippen molar-refractivity contribution in [2.45, 2.75) is 32.5 Å². The van der Waals surface area contributed by atoms with Crippen molar-refractivity contribution in [3.05, 3.63) is 35.4 Å². The van der Waals surface area contributed by atoms with Crippen LogP contribution in [0.3, 0.4) is 0 Å². The zero-order valence-electron chi connectivity index (χ0n) is 9.43. The van der Waals surface area contributed by atoms with E-state index in [1.807, 2.05) is 38.1 Å². The van der Waals surface area contributed by atoms with E-state index in [4.69, 9.17) is 0 Å². The zero-order chi connectivity index (χ0) is 12.2. The summed E-state index contributed by atoms with van der Waals surface area (Å²) >= 11 is 0. The molecule has 0 saturated heterocycles. The van der Waals surface area contributed by atoms with Crippen LogP contribution in [0.1, 0.15) is 30.5 Å². The molecule has 90 valence electrons. The summed E-state index contributed by atoms with van der Waals surface area (Å²) in [4.78, 5) is 0. The average Bonchev–Trinajstić information content (AvgIpc) is 2.15. The van der Waals surface area contributed by atoms with Gasteiger partial charge in [0.25, 0.3) is 0 Å². The maximum atomic E-state index is 11.9. The Morgan fingerprint density at radius 1 is 1.31 bits per heavy atom. The lowest BCUT2D eigenvalue weighted by Crippen LogP contribution is -2.24. The van der Waals surface area contributed by atoms with Crippen molar-refractivity contribution in [1.82, 2.24) is 5.32 Å². The molecule has 0 aromatic heterocycles. The van der Waals surface area contributed by atoms with Gasteiger partial charge in [-0.05, 0) is 19.4 Å². The van der Waals surface area contributed by atoms with E-state index in [1.165, 1.54) is 0 Å². The minimum atomic E-state index is -4.08. The first-order valence-corrected chi connectivity index (χ1v) is 5.25. The SMILES string of the molecule is Cc1cccc([C@H](C)NCCC(F)(F)F)c1. The summed E-state index contributed by atoms with van der Waals surface area (Å²) in [6.45, 7) is 3.79. The Labute approximate surface area is 93.7 Å². The first-order valence-electron chi connectivity index (χ1n) is 5.25. The summed E-state index contributed by atoms with van der Waals surface area (Å²) in [5.74, 6) is 0. The van der Waals surface area contributed by atoms with Crippen molar-refractivity contribution in [2.24, 2.45) is 0 Å². The lowest BCUT2D eigenvalue weighted by Gasteiger charge is -2.15. The van der Waals surface area contributed by atoms with Crippen LogP contribution in [0.25, 0.3) is 0 Å². The summed E-state index contributed by atoms with van der Waals surface area (Å²) in [6, 6.07) is 7.71. The standard InChI is InChI=1S/C12H16F3N/c1-9-4-3-5-11(8-9)10(2)16-7-6-12(13,14)15/h3-5,8,10,16H,6-7H2,1-2H3/t10-/m0/s1. The normalized spacial score (nSPS) is 13.8. The van der Waals surface area contributed by atoms with Gasteiger partial charge in [-0.2, -0.15) is 13.2 Å². The minimum Gasteiger partial charge on any atom is -0.310 e. The Kier molecular flexibility index (Phi) is 4.35. The van der Waals surface area contributed by atoms with Crippen molar-refractivity contribution >= 4 is 0 Å². The van der Waals surface area contributed by atoms with Crippen molar-refractivity contribution in [1.29, 1.82) is 0 Å². The molecule has 0 saturated carbocycles. The monoisotopic (exact) mass is 231 g/mol. The Morgan fingerprint density at radius 2 is 2.00 bits per heavy atom. The van der Waals surface area contributed by atoms with Gasteiger partial charge in [0.05, 0.1) is 6.42 Å². The van der Waals surface area contributed by atoms with Crippen LogP contribution in [0.4, 0.5) is 13.2 Å². The fourth-order valence-corrected chi connectivity index (χ4v) is 1.49. The van der Waals surface area contributed by atoms with E-state index in [1.54, 1.807) is 0 Å². The quantitative estimate of drug-likeness (QED) is 0.834. The number of benzene rings is 1. The van der Waals surface area contributed by atoms with Gasteiger partial charge in [-0.1, -0.05) is 29.8 Å². The van der Waals surface area contributed by atoms with Crippen LogP contribution in [-0.2, 0) is 0 Å². The molecule has 0 unspecified atom stereocenters. The second kappa shape index (κ2) is 5.34. The molecular weight excluding hydrogens is 215 g/mol. The number of aryl methyl sites for hydroxylation is 1. The maximum absolute atomic E-state index is 11.9. The molecule has 0 fully saturated rings. The van der Waals surface area contributed by atoms with E-state index >= 15 is 0 Å². The second-order valence-corrected chi connectivity index (χ2v) is 3.96. The van der Waals surface area contributed by atoms with Gasteiger partial charge in [-0.3, -0.25) is 0 Å². The molecule has 0 heterocycles. The van der Waals surface area contributed by atoms with Gasteiger partial charge in [0, 0.05) is 12.6 Å². The molecule has 0 aliphatic rings. The number of nitrogens with one attached hydrogen (secondary N) is 1. The van der Waals surface area contributed by atoms with Crippen LogP contribution in [0.2, 0.25) is 0 Å². The van der Waals surface area contributed by atoms with Crippen LogP contribution in [0.15, 0.2) is 24.3 Å². The summed E-state index contributed by atoms with van der Waals surface area (Å²) in [5.41, 5.74) is 2.13. The van der Waals surface area contributed by atoms with Crippen LogP contribution in [0, 0.1) is 6.92 Å². The van der Waals surface area contributed by atoms with Crippen LogP contribution < -0.4 is 5.32 Å². The molecular formula is C12H16F3N. The van der Waals surface area contributed by atoms with Crippen molar-refractivity contribution in [2.75, 3.05) is 6.54 Å².